The summed E-state index contributed by atoms with van der Waals surface area (Å²) in [5.74, 6) is -0.788. The van der Waals surface area contributed by atoms with Crippen LogP contribution < -0.4 is 9.80 Å². The molecular formula is C27H21F9N2O. The van der Waals surface area contributed by atoms with E-state index < -0.39 is 47.4 Å². The number of alkyl halides is 9. The van der Waals surface area contributed by atoms with Gasteiger partial charge in [0.25, 0.3) is 0 Å². The molecule has 4 rings (SSSR count). The van der Waals surface area contributed by atoms with E-state index in [-0.39, 0.29) is 43.0 Å². The van der Waals surface area contributed by atoms with Crippen molar-refractivity contribution in [1.82, 2.24) is 0 Å². The van der Waals surface area contributed by atoms with Gasteiger partial charge in [-0.15, -0.1) is 0 Å². The van der Waals surface area contributed by atoms with E-state index in [9.17, 15) is 44.3 Å². The standard InChI is InChI=1S/C27H21F9N2O/c28-25(29,30)19-4-1-3-17(11-19)12-24(39)18-13-21(27(34,35)36)16-23(14-18)38-9-7-37(8-10-38)22-6-2-5-20(15-22)26(31,32)33/h1-6,11,13-16H,7-10,12H2. The highest BCUT2D eigenvalue weighted by Gasteiger charge is 2.34. The van der Waals surface area contributed by atoms with Crippen LogP contribution in [-0.2, 0) is 24.9 Å². The molecule has 0 aromatic heterocycles. The van der Waals surface area contributed by atoms with Crippen molar-refractivity contribution in [2.75, 3.05) is 36.0 Å². The number of nitrogens with zero attached hydrogens (tertiary/aromatic N) is 2. The first-order valence-electron chi connectivity index (χ1n) is 11.7. The van der Waals surface area contributed by atoms with E-state index in [2.05, 4.69) is 0 Å². The number of hydrogen-bond donors (Lipinski definition) is 0. The summed E-state index contributed by atoms with van der Waals surface area (Å²) >= 11 is 0. The fourth-order valence-electron chi connectivity index (χ4n) is 4.37. The summed E-state index contributed by atoms with van der Waals surface area (Å²) in [6.07, 6.45) is -14.5. The summed E-state index contributed by atoms with van der Waals surface area (Å²) < 4.78 is 119. The third-order valence-electron chi connectivity index (χ3n) is 6.37. The molecule has 1 heterocycles. The van der Waals surface area contributed by atoms with E-state index in [1.165, 1.54) is 24.3 Å². The van der Waals surface area contributed by atoms with Crippen LogP contribution in [0.5, 0.6) is 0 Å². The topological polar surface area (TPSA) is 23.6 Å². The maximum absolute atomic E-state index is 13.7. The molecule has 0 saturated carbocycles. The van der Waals surface area contributed by atoms with Gasteiger partial charge in [0.05, 0.1) is 16.7 Å². The summed E-state index contributed by atoms with van der Waals surface area (Å²) in [6, 6.07) is 11.5. The lowest BCUT2D eigenvalue weighted by molar-refractivity contribution is -0.138. The molecule has 1 aliphatic heterocycles. The SMILES string of the molecule is O=C(Cc1cccc(C(F)(F)F)c1)c1cc(N2CCN(c3cccc(C(F)(F)F)c3)CC2)cc(C(F)(F)F)c1. The van der Waals surface area contributed by atoms with E-state index in [1.54, 1.807) is 9.80 Å². The molecule has 1 aliphatic rings. The van der Waals surface area contributed by atoms with Gasteiger partial charge in [0.1, 0.15) is 0 Å². The number of anilines is 2. The van der Waals surface area contributed by atoms with E-state index in [4.69, 9.17) is 0 Å². The van der Waals surface area contributed by atoms with E-state index in [0.29, 0.717) is 11.8 Å². The third-order valence-corrected chi connectivity index (χ3v) is 6.37. The van der Waals surface area contributed by atoms with E-state index in [0.717, 1.165) is 36.4 Å². The highest BCUT2D eigenvalue weighted by atomic mass is 19.4. The molecule has 1 fully saturated rings. The Kier molecular flexibility index (Phi) is 7.59. The van der Waals surface area contributed by atoms with Crippen LogP contribution in [-0.4, -0.2) is 32.0 Å². The molecule has 0 unspecified atom stereocenters. The fraction of sp³-hybridized carbons (Fsp3) is 0.296. The number of carbonyl (C=O) groups is 1. The first-order valence-corrected chi connectivity index (χ1v) is 11.7. The van der Waals surface area contributed by atoms with Crippen molar-refractivity contribution in [1.29, 1.82) is 0 Å². The molecule has 12 heteroatoms. The van der Waals surface area contributed by atoms with Gasteiger partial charge in [-0.05, 0) is 48.0 Å². The molecule has 3 aromatic rings. The van der Waals surface area contributed by atoms with Gasteiger partial charge < -0.3 is 9.80 Å². The predicted molar refractivity (Wildman–Crippen MR) is 127 cm³/mol. The number of ketones is 1. The van der Waals surface area contributed by atoms with Crippen molar-refractivity contribution in [3.63, 3.8) is 0 Å². The number of Topliss-reactive ketones (excluding diaryl/α,β-unsaturated/α-hetero) is 1. The summed E-state index contributed by atoms with van der Waals surface area (Å²) in [4.78, 5) is 16.1. The number of piperazine rings is 1. The fourth-order valence-corrected chi connectivity index (χ4v) is 4.37. The monoisotopic (exact) mass is 560 g/mol. The minimum absolute atomic E-state index is 0.00323. The molecule has 0 amide bonds. The molecule has 0 aliphatic carbocycles. The number of hydrogen-bond acceptors (Lipinski definition) is 3. The van der Waals surface area contributed by atoms with Gasteiger partial charge >= 0.3 is 18.5 Å². The van der Waals surface area contributed by atoms with Crippen molar-refractivity contribution in [3.05, 3.63) is 94.5 Å². The number of halogens is 9. The Labute approximate surface area is 217 Å². The van der Waals surface area contributed by atoms with E-state index >= 15 is 0 Å². The number of benzene rings is 3. The van der Waals surface area contributed by atoms with Gasteiger partial charge in [-0.3, -0.25) is 4.79 Å². The Hall–Kier alpha value is -3.70. The van der Waals surface area contributed by atoms with Crippen molar-refractivity contribution >= 4 is 17.2 Å². The zero-order valence-electron chi connectivity index (χ0n) is 20.1. The van der Waals surface area contributed by atoms with Crippen LogP contribution in [0.15, 0.2) is 66.7 Å². The minimum Gasteiger partial charge on any atom is -0.368 e. The van der Waals surface area contributed by atoms with Crippen LogP contribution in [0.25, 0.3) is 0 Å². The highest BCUT2D eigenvalue weighted by Crippen LogP contribution is 2.35. The van der Waals surface area contributed by atoms with Crippen LogP contribution >= 0.6 is 0 Å². The zero-order valence-corrected chi connectivity index (χ0v) is 20.1. The number of rotatable bonds is 5. The molecule has 0 radical (unpaired) electrons. The number of carbonyl (C=O) groups excluding carboxylic acids is 1. The van der Waals surface area contributed by atoms with Crippen molar-refractivity contribution in [3.8, 4) is 0 Å². The maximum atomic E-state index is 13.7. The van der Waals surface area contributed by atoms with Crippen LogP contribution in [0.1, 0.15) is 32.6 Å². The van der Waals surface area contributed by atoms with Crippen molar-refractivity contribution in [2.45, 2.75) is 24.9 Å². The highest BCUT2D eigenvalue weighted by molar-refractivity contribution is 5.98. The molecule has 0 N–H and O–H groups in total. The molecule has 3 nitrogen and oxygen atoms in total. The first-order chi connectivity index (χ1) is 18.1. The summed E-state index contributed by atoms with van der Waals surface area (Å²) in [7, 11) is 0. The minimum atomic E-state index is -4.79. The first kappa shape index (κ1) is 28.3. The largest absolute Gasteiger partial charge is 0.416 e. The Morgan fingerprint density at radius 1 is 0.590 bits per heavy atom. The van der Waals surface area contributed by atoms with Gasteiger partial charge in [0.15, 0.2) is 5.78 Å². The molecule has 0 atom stereocenters. The van der Waals surface area contributed by atoms with Crippen molar-refractivity contribution < 1.29 is 44.3 Å². The summed E-state index contributed by atoms with van der Waals surface area (Å²) in [5.41, 5.74) is -2.78. The van der Waals surface area contributed by atoms with Crippen LogP contribution in [0, 0.1) is 0 Å². The van der Waals surface area contributed by atoms with Gasteiger partial charge in [-0.25, -0.2) is 0 Å². The van der Waals surface area contributed by atoms with Gasteiger partial charge in [0.2, 0.25) is 0 Å². The average Bonchev–Trinajstić information content (AvgIpc) is 2.87. The molecule has 0 bridgehead atoms. The van der Waals surface area contributed by atoms with Crippen LogP contribution in [0.3, 0.4) is 0 Å². The second kappa shape index (κ2) is 10.5. The van der Waals surface area contributed by atoms with E-state index in [1.807, 2.05) is 0 Å². The molecule has 3 aromatic carbocycles. The van der Waals surface area contributed by atoms with Crippen LogP contribution in [0.4, 0.5) is 50.9 Å². The normalized spacial score (nSPS) is 15.0. The Morgan fingerprint density at radius 2 is 1.08 bits per heavy atom. The molecule has 39 heavy (non-hydrogen) atoms. The van der Waals surface area contributed by atoms with Crippen LogP contribution in [0.2, 0.25) is 0 Å². The van der Waals surface area contributed by atoms with Gasteiger partial charge in [-0.1, -0.05) is 24.3 Å². The Morgan fingerprint density at radius 3 is 1.64 bits per heavy atom. The Bertz CT molecular complexity index is 1340. The van der Waals surface area contributed by atoms with Crippen molar-refractivity contribution in [2.24, 2.45) is 0 Å². The maximum Gasteiger partial charge on any atom is 0.416 e. The quantitative estimate of drug-likeness (QED) is 0.239. The van der Waals surface area contributed by atoms with Gasteiger partial charge in [0, 0.05) is 49.5 Å². The molecular weight excluding hydrogens is 539 g/mol. The summed E-state index contributed by atoms with van der Waals surface area (Å²) in [5, 5.41) is 0. The predicted octanol–water partition coefficient (Wildman–Crippen LogP) is 7.50. The lowest BCUT2D eigenvalue weighted by atomic mass is 9.98. The Balaban J connectivity index is 1.55. The molecule has 208 valence electrons. The molecule has 0 spiro atoms. The smallest absolute Gasteiger partial charge is 0.368 e. The lowest BCUT2D eigenvalue weighted by Crippen LogP contribution is -2.46. The molecule has 1 saturated heterocycles. The lowest BCUT2D eigenvalue weighted by Gasteiger charge is -2.38. The second-order valence-electron chi connectivity index (χ2n) is 9.09. The zero-order chi connectivity index (χ0) is 28.6. The van der Waals surface area contributed by atoms with Gasteiger partial charge in [-0.2, -0.15) is 39.5 Å². The second-order valence-corrected chi connectivity index (χ2v) is 9.09. The third kappa shape index (κ3) is 6.85. The summed E-state index contributed by atoms with van der Waals surface area (Å²) in [6.45, 7) is 0.758. The average molecular weight is 560 g/mol.